The minimum Gasteiger partial charge on any atom is -0.467 e. The zero-order valence-electron chi connectivity index (χ0n) is 13.4. The number of hydrogen-bond donors (Lipinski definition) is 0. The number of nitrogens with zero attached hydrogens (tertiary/aromatic N) is 1. The van der Waals surface area contributed by atoms with E-state index in [2.05, 4.69) is 48.5 Å². The summed E-state index contributed by atoms with van der Waals surface area (Å²) in [5.74, 6) is 0.741. The van der Waals surface area contributed by atoms with Gasteiger partial charge in [0.2, 0.25) is 5.90 Å². The van der Waals surface area contributed by atoms with Crippen LogP contribution in [0.3, 0.4) is 0 Å². The first-order chi connectivity index (χ1) is 11.9. The van der Waals surface area contributed by atoms with E-state index in [0.29, 0.717) is 0 Å². The smallest absolute Gasteiger partial charge is 0.217 e. The van der Waals surface area contributed by atoms with Gasteiger partial charge >= 0.3 is 0 Å². The monoisotopic (exact) mass is 313 g/mol. The zero-order chi connectivity index (χ0) is 16.2. The Morgan fingerprint density at radius 1 is 0.708 bits per heavy atom. The molecule has 0 radical (unpaired) electrons. The summed E-state index contributed by atoms with van der Waals surface area (Å²) in [4.78, 5) is 4.91. The average molecular weight is 313 g/mol. The Labute approximate surface area is 142 Å². The van der Waals surface area contributed by atoms with E-state index in [-0.39, 0.29) is 12.1 Å². The fourth-order valence-electron chi connectivity index (χ4n) is 3.11. The van der Waals surface area contributed by atoms with Crippen molar-refractivity contribution in [3.8, 4) is 0 Å². The maximum atomic E-state index is 6.27. The molecule has 0 aliphatic carbocycles. The molecular weight excluding hydrogens is 294 g/mol. The van der Waals surface area contributed by atoms with E-state index in [1.807, 2.05) is 42.5 Å². The van der Waals surface area contributed by atoms with Crippen LogP contribution in [0, 0.1) is 0 Å². The third-order valence-corrected chi connectivity index (χ3v) is 4.31. The number of aliphatic imine (C=N–C) groups is 1. The number of rotatable bonds is 4. The summed E-state index contributed by atoms with van der Waals surface area (Å²) < 4.78 is 6.27. The lowest BCUT2D eigenvalue weighted by Crippen LogP contribution is -2.16. The predicted octanol–water partition coefficient (Wildman–Crippen LogP) is 4.82. The third kappa shape index (κ3) is 3.09. The van der Waals surface area contributed by atoms with Crippen LogP contribution in [0.2, 0.25) is 0 Å². The Morgan fingerprint density at radius 2 is 1.29 bits per heavy atom. The second-order valence-electron chi connectivity index (χ2n) is 6.01. The highest BCUT2D eigenvalue weighted by molar-refractivity contribution is 5.95. The van der Waals surface area contributed by atoms with Crippen LogP contribution in [0.1, 0.15) is 22.8 Å². The van der Waals surface area contributed by atoms with Crippen LogP contribution in [0.4, 0.5) is 0 Å². The fourth-order valence-corrected chi connectivity index (χ4v) is 3.11. The van der Waals surface area contributed by atoms with Crippen LogP contribution in [0.25, 0.3) is 0 Å². The van der Waals surface area contributed by atoms with E-state index in [4.69, 9.17) is 9.73 Å². The largest absolute Gasteiger partial charge is 0.467 e. The molecule has 0 N–H and O–H groups in total. The molecule has 1 aliphatic rings. The average Bonchev–Trinajstić information content (AvgIpc) is 3.08. The second-order valence-corrected chi connectivity index (χ2v) is 6.01. The van der Waals surface area contributed by atoms with Crippen molar-refractivity contribution in [1.82, 2.24) is 0 Å². The van der Waals surface area contributed by atoms with Crippen molar-refractivity contribution in [2.24, 2.45) is 4.99 Å². The molecule has 2 atom stereocenters. The molecule has 0 unspecified atom stereocenters. The summed E-state index contributed by atoms with van der Waals surface area (Å²) in [6.07, 6.45) is 0.832. The van der Waals surface area contributed by atoms with Gasteiger partial charge in [0, 0.05) is 5.56 Å². The normalized spacial score (nSPS) is 19.6. The summed E-state index contributed by atoms with van der Waals surface area (Å²) >= 11 is 0. The van der Waals surface area contributed by atoms with Crippen molar-refractivity contribution in [2.75, 3.05) is 0 Å². The topological polar surface area (TPSA) is 21.6 Å². The number of benzene rings is 3. The highest BCUT2D eigenvalue weighted by atomic mass is 16.5. The molecule has 118 valence electrons. The summed E-state index contributed by atoms with van der Waals surface area (Å²) in [7, 11) is 0. The van der Waals surface area contributed by atoms with Gasteiger partial charge in [-0.15, -0.1) is 0 Å². The van der Waals surface area contributed by atoms with E-state index in [1.54, 1.807) is 0 Å². The number of ether oxygens (including phenoxy) is 1. The standard InChI is InChI=1S/C22H19NO/c1-4-10-17(11-5-1)16-20-21(18-12-6-2-7-13-18)24-22(23-20)19-14-8-3-9-15-19/h1-15,20-21H,16H2/t20-,21-/m1/s1. The molecule has 2 nitrogen and oxygen atoms in total. The van der Waals surface area contributed by atoms with E-state index < -0.39 is 0 Å². The third-order valence-electron chi connectivity index (χ3n) is 4.31. The maximum absolute atomic E-state index is 6.27. The van der Waals surface area contributed by atoms with Crippen molar-refractivity contribution in [2.45, 2.75) is 18.6 Å². The SMILES string of the molecule is c1ccc(C[C@H]2N=C(c3ccccc3)O[C@@H]2c2ccccc2)cc1. The van der Waals surface area contributed by atoms with E-state index >= 15 is 0 Å². The molecule has 0 saturated heterocycles. The van der Waals surface area contributed by atoms with Crippen LogP contribution >= 0.6 is 0 Å². The summed E-state index contributed by atoms with van der Waals surface area (Å²) in [5.41, 5.74) is 3.49. The van der Waals surface area contributed by atoms with Crippen LogP contribution in [-0.2, 0) is 11.2 Å². The lowest BCUT2D eigenvalue weighted by Gasteiger charge is -2.18. The molecule has 0 aromatic heterocycles. The molecule has 3 aromatic carbocycles. The fraction of sp³-hybridized carbons (Fsp3) is 0.136. The van der Waals surface area contributed by atoms with Gasteiger partial charge in [-0.2, -0.15) is 0 Å². The van der Waals surface area contributed by atoms with Gasteiger partial charge in [-0.25, -0.2) is 4.99 Å². The lowest BCUT2D eigenvalue weighted by atomic mass is 9.97. The first-order valence-corrected chi connectivity index (χ1v) is 8.29. The van der Waals surface area contributed by atoms with Gasteiger partial charge in [0.25, 0.3) is 0 Å². The van der Waals surface area contributed by atoms with Crippen molar-refractivity contribution in [1.29, 1.82) is 0 Å². The van der Waals surface area contributed by atoms with E-state index in [0.717, 1.165) is 17.9 Å². The van der Waals surface area contributed by atoms with Crippen LogP contribution in [0.5, 0.6) is 0 Å². The minimum absolute atomic E-state index is 0.0402. The molecule has 0 fully saturated rings. The summed E-state index contributed by atoms with van der Waals surface area (Å²) in [6, 6.07) is 31.1. The highest BCUT2D eigenvalue weighted by Gasteiger charge is 2.32. The summed E-state index contributed by atoms with van der Waals surface area (Å²) in [5, 5.41) is 0. The van der Waals surface area contributed by atoms with Gasteiger partial charge in [0.05, 0.1) is 6.04 Å². The molecule has 0 spiro atoms. The minimum atomic E-state index is -0.0402. The Hall–Kier alpha value is -2.87. The maximum Gasteiger partial charge on any atom is 0.217 e. The molecule has 1 heterocycles. The van der Waals surface area contributed by atoms with Gasteiger partial charge < -0.3 is 4.74 Å². The van der Waals surface area contributed by atoms with Gasteiger partial charge in [-0.1, -0.05) is 78.9 Å². The van der Waals surface area contributed by atoms with Gasteiger partial charge in [0.15, 0.2) is 0 Å². The second kappa shape index (κ2) is 6.71. The molecule has 1 aliphatic heterocycles. The van der Waals surface area contributed by atoms with Crippen molar-refractivity contribution >= 4 is 5.90 Å². The molecule has 0 bridgehead atoms. The quantitative estimate of drug-likeness (QED) is 0.677. The van der Waals surface area contributed by atoms with E-state index in [1.165, 1.54) is 11.1 Å². The van der Waals surface area contributed by atoms with Crippen LogP contribution in [-0.4, -0.2) is 11.9 Å². The Balaban J connectivity index is 1.66. The van der Waals surface area contributed by atoms with E-state index in [9.17, 15) is 0 Å². The van der Waals surface area contributed by atoms with Gasteiger partial charge in [-0.05, 0) is 29.7 Å². The molecule has 2 heteroatoms. The van der Waals surface area contributed by atoms with Crippen molar-refractivity contribution in [3.63, 3.8) is 0 Å². The molecular formula is C22H19NO. The Kier molecular flexibility index (Phi) is 4.11. The zero-order valence-corrected chi connectivity index (χ0v) is 13.4. The molecule has 3 aromatic rings. The van der Waals surface area contributed by atoms with Crippen LogP contribution in [0.15, 0.2) is 96.0 Å². The first-order valence-electron chi connectivity index (χ1n) is 8.29. The summed E-state index contributed by atoms with van der Waals surface area (Å²) in [6.45, 7) is 0. The first kappa shape index (κ1) is 14.7. The predicted molar refractivity (Wildman–Crippen MR) is 97.2 cm³/mol. The van der Waals surface area contributed by atoms with Gasteiger partial charge in [0.1, 0.15) is 6.10 Å². The highest BCUT2D eigenvalue weighted by Crippen LogP contribution is 2.32. The van der Waals surface area contributed by atoms with Crippen LogP contribution < -0.4 is 0 Å². The Morgan fingerprint density at radius 3 is 1.96 bits per heavy atom. The lowest BCUT2D eigenvalue weighted by molar-refractivity contribution is 0.195. The molecule has 24 heavy (non-hydrogen) atoms. The number of hydrogen-bond acceptors (Lipinski definition) is 2. The van der Waals surface area contributed by atoms with Gasteiger partial charge in [-0.3, -0.25) is 0 Å². The Bertz CT molecular complexity index is 812. The molecule has 4 rings (SSSR count). The van der Waals surface area contributed by atoms with Crippen molar-refractivity contribution in [3.05, 3.63) is 108 Å². The molecule has 0 saturated carbocycles. The molecule has 0 amide bonds. The van der Waals surface area contributed by atoms with Crippen molar-refractivity contribution < 1.29 is 4.74 Å².